The molecule has 7 heteroatoms. The Labute approximate surface area is 119 Å². The van der Waals surface area contributed by atoms with Gasteiger partial charge in [0.05, 0.1) is 17.9 Å². The van der Waals surface area contributed by atoms with E-state index in [9.17, 15) is 8.42 Å². The van der Waals surface area contributed by atoms with Gasteiger partial charge in [0.25, 0.3) is 0 Å². The molecule has 0 amide bonds. The molecular weight excluding hydrogens is 278 g/mol. The average molecular weight is 299 g/mol. The Bertz CT molecular complexity index is 563. The molecule has 0 spiro atoms. The second kappa shape index (κ2) is 5.46. The summed E-state index contributed by atoms with van der Waals surface area (Å²) in [5.74, 6) is 0. The number of hydrogen-bond acceptors (Lipinski definition) is 5. The van der Waals surface area contributed by atoms with Gasteiger partial charge in [0.2, 0.25) is 0 Å². The molecule has 20 heavy (non-hydrogen) atoms. The van der Waals surface area contributed by atoms with Gasteiger partial charge < -0.3 is 4.74 Å². The summed E-state index contributed by atoms with van der Waals surface area (Å²) in [6, 6.07) is 0.636. The summed E-state index contributed by atoms with van der Waals surface area (Å²) in [5.41, 5.74) is 0.761. The van der Waals surface area contributed by atoms with Crippen molar-refractivity contribution in [3.05, 3.63) is 11.9 Å². The predicted octanol–water partition coefficient (Wildman–Crippen LogP) is 1.13. The average Bonchev–Trinajstić information content (AvgIpc) is 3.07. The van der Waals surface area contributed by atoms with E-state index in [4.69, 9.17) is 4.74 Å². The van der Waals surface area contributed by atoms with Gasteiger partial charge >= 0.3 is 0 Å². The third-order valence-electron chi connectivity index (χ3n) is 4.32. The van der Waals surface area contributed by atoms with Crippen molar-refractivity contribution in [3.8, 4) is 0 Å². The lowest BCUT2D eigenvalue weighted by atomic mass is 10.0. The zero-order valence-electron chi connectivity index (χ0n) is 11.7. The van der Waals surface area contributed by atoms with Gasteiger partial charge in [-0.1, -0.05) is 0 Å². The maximum Gasteiger partial charge on any atom is 0.178 e. The lowest BCUT2D eigenvalue weighted by Gasteiger charge is -2.35. The summed E-state index contributed by atoms with van der Waals surface area (Å²) in [6.07, 6.45) is 6.82. The molecule has 6 nitrogen and oxygen atoms in total. The van der Waals surface area contributed by atoms with Crippen molar-refractivity contribution >= 4 is 9.84 Å². The third kappa shape index (κ3) is 2.62. The predicted molar refractivity (Wildman–Crippen MR) is 74.2 cm³/mol. The van der Waals surface area contributed by atoms with Crippen LogP contribution in [0.3, 0.4) is 0 Å². The molecule has 3 rings (SSSR count). The minimum Gasteiger partial charge on any atom is -0.381 e. The van der Waals surface area contributed by atoms with Crippen molar-refractivity contribution in [2.75, 3.05) is 26.0 Å². The van der Waals surface area contributed by atoms with Crippen molar-refractivity contribution in [2.45, 2.75) is 42.7 Å². The summed E-state index contributed by atoms with van der Waals surface area (Å²) in [6.45, 7) is 2.63. The van der Waals surface area contributed by atoms with E-state index in [1.807, 2.05) is 0 Å². The summed E-state index contributed by atoms with van der Waals surface area (Å²) in [4.78, 5) is 2.78. The molecule has 0 aromatic carbocycles. The second-order valence-electron chi connectivity index (χ2n) is 5.66. The number of sulfone groups is 1. The van der Waals surface area contributed by atoms with Crippen LogP contribution in [-0.2, 0) is 14.6 Å². The van der Waals surface area contributed by atoms with E-state index in [1.165, 1.54) is 12.5 Å². The molecule has 0 radical (unpaired) electrons. The Morgan fingerprint density at radius 3 is 2.80 bits per heavy atom. The molecule has 2 aliphatic heterocycles. The summed E-state index contributed by atoms with van der Waals surface area (Å²) >= 11 is 0. The van der Waals surface area contributed by atoms with Crippen LogP contribution in [0.2, 0.25) is 0 Å². The number of aromatic amines is 1. The SMILES string of the molecule is CS(=O)(=O)c1cn[nH]c1[C@H]1CCCN1C1CCOCC1. The first-order valence-corrected chi connectivity index (χ1v) is 9.03. The molecule has 0 bridgehead atoms. The molecule has 2 aliphatic rings. The van der Waals surface area contributed by atoms with Crippen molar-refractivity contribution in [3.63, 3.8) is 0 Å². The number of aromatic nitrogens is 2. The minimum atomic E-state index is -3.23. The highest BCUT2D eigenvalue weighted by Gasteiger charge is 2.36. The monoisotopic (exact) mass is 299 g/mol. The van der Waals surface area contributed by atoms with Gasteiger partial charge in [0.1, 0.15) is 4.90 Å². The molecular formula is C13H21N3O3S. The number of hydrogen-bond donors (Lipinski definition) is 1. The van der Waals surface area contributed by atoms with E-state index >= 15 is 0 Å². The standard InChI is InChI=1S/C13H21N3O3S/c1-20(17,18)12-9-14-15-13(12)11-3-2-6-16(11)10-4-7-19-8-5-10/h9-11H,2-8H2,1H3,(H,14,15)/t11-/m1/s1. The van der Waals surface area contributed by atoms with Crippen molar-refractivity contribution in [1.82, 2.24) is 15.1 Å². The van der Waals surface area contributed by atoms with E-state index in [2.05, 4.69) is 15.1 Å². The van der Waals surface area contributed by atoms with Crippen LogP contribution < -0.4 is 0 Å². The number of likely N-dealkylation sites (tertiary alicyclic amines) is 1. The topological polar surface area (TPSA) is 75.3 Å². The van der Waals surface area contributed by atoms with Crippen LogP contribution in [0.4, 0.5) is 0 Å². The van der Waals surface area contributed by atoms with Gasteiger partial charge in [-0.3, -0.25) is 10.00 Å². The van der Waals surface area contributed by atoms with Crippen LogP contribution in [0.1, 0.15) is 37.4 Å². The van der Waals surface area contributed by atoms with Crippen molar-refractivity contribution < 1.29 is 13.2 Å². The Balaban J connectivity index is 1.87. The number of H-pyrrole nitrogens is 1. The van der Waals surface area contributed by atoms with Gasteiger partial charge in [-0.15, -0.1) is 0 Å². The van der Waals surface area contributed by atoms with E-state index in [0.717, 1.165) is 51.1 Å². The number of nitrogens with zero attached hydrogens (tertiary/aromatic N) is 2. The van der Waals surface area contributed by atoms with E-state index in [1.54, 1.807) is 0 Å². The molecule has 1 N–H and O–H groups in total. The lowest BCUT2D eigenvalue weighted by molar-refractivity contribution is 0.0281. The van der Waals surface area contributed by atoms with Crippen LogP contribution in [0, 0.1) is 0 Å². The molecule has 2 saturated heterocycles. The number of nitrogens with one attached hydrogen (secondary N) is 1. The van der Waals surface area contributed by atoms with Crippen molar-refractivity contribution in [2.24, 2.45) is 0 Å². The molecule has 3 heterocycles. The van der Waals surface area contributed by atoms with Crippen LogP contribution in [0.15, 0.2) is 11.1 Å². The zero-order chi connectivity index (χ0) is 14.2. The Kier molecular flexibility index (Phi) is 3.83. The van der Waals surface area contributed by atoms with Gasteiger partial charge in [0, 0.05) is 25.5 Å². The minimum absolute atomic E-state index is 0.144. The van der Waals surface area contributed by atoms with Gasteiger partial charge in [-0.25, -0.2) is 8.42 Å². The Hall–Kier alpha value is -0.920. The van der Waals surface area contributed by atoms with Crippen LogP contribution in [-0.4, -0.2) is 55.6 Å². The highest BCUT2D eigenvalue weighted by Crippen LogP contribution is 2.37. The normalized spacial score (nSPS) is 26.1. The third-order valence-corrected chi connectivity index (χ3v) is 5.44. The van der Waals surface area contributed by atoms with Gasteiger partial charge in [-0.2, -0.15) is 5.10 Å². The van der Waals surface area contributed by atoms with Crippen LogP contribution in [0.5, 0.6) is 0 Å². The largest absolute Gasteiger partial charge is 0.381 e. The maximum atomic E-state index is 11.9. The number of rotatable bonds is 3. The molecule has 1 aromatic rings. The maximum absolute atomic E-state index is 11.9. The number of ether oxygens (including phenoxy) is 1. The molecule has 0 unspecified atom stereocenters. The highest BCUT2D eigenvalue weighted by molar-refractivity contribution is 7.90. The fourth-order valence-corrected chi connectivity index (χ4v) is 4.20. The Morgan fingerprint density at radius 2 is 2.10 bits per heavy atom. The quantitative estimate of drug-likeness (QED) is 0.905. The zero-order valence-corrected chi connectivity index (χ0v) is 12.5. The first-order valence-electron chi connectivity index (χ1n) is 7.14. The fourth-order valence-electron chi connectivity index (χ4n) is 3.37. The highest BCUT2D eigenvalue weighted by atomic mass is 32.2. The molecule has 1 atom stereocenters. The molecule has 0 saturated carbocycles. The summed E-state index contributed by atoms with van der Waals surface area (Å²) < 4.78 is 29.1. The van der Waals surface area contributed by atoms with Crippen LogP contribution >= 0.6 is 0 Å². The van der Waals surface area contributed by atoms with Crippen LogP contribution in [0.25, 0.3) is 0 Å². The molecule has 0 aliphatic carbocycles. The van der Waals surface area contributed by atoms with Crippen molar-refractivity contribution in [1.29, 1.82) is 0 Å². The van der Waals surface area contributed by atoms with E-state index in [-0.39, 0.29) is 6.04 Å². The molecule has 2 fully saturated rings. The fraction of sp³-hybridized carbons (Fsp3) is 0.769. The van der Waals surface area contributed by atoms with E-state index in [0.29, 0.717) is 10.9 Å². The molecule has 112 valence electrons. The first kappa shape index (κ1) is 14.0. The second-order valence-corrected chi connectivity index (χ2v) is 7.64. The van der Waals surface area contributed by atoms with Gasteiger partial charge in [0.15, 0.2) is 9.84 Å². The van der Waals surface area contributed by atoms with E-state index < -0.39 is 9.84 Å². The first-order chi connectivity index (χ1) is 9.57. The van der Waals surface area contributed by atoms with Gasteiger partial charge in [-0.05, 0) is 32.2 Å². The lowest BCUT2D eigenvalue weighted by Crippen LogP contribution is -2.39. The smallest absolute Gasteiger partial charge is 0.178 e. The summed E-state index contributed by atoms with van der Waals surface area (Å²) in [7, 11) is -3.23. The Morgan fingerprint density at radius 1 is 1.35 bits per heavy atom. The summed E-state index contributed by atoms with van der Waals surface area (Å²) in [5, 5.41) is 6.88. The molecule has 1 aromatic heterocycles.